The molecule has 25 heavy (non-hydrogen) atoms. The number of nitrogens with one attached hydrogen (secondary N) is 1. The van der Waals surface area contributed by atoms with Crippen molar-refractivity contribution in [3.8, 4) is 11.8 Å². The van der Waals surface area contributed by atoms with Crippen molar-refractivity contribution < 1.29 is 13.9 Å². The molecule has 1 aromatic heterocycles. The summed E-state index contributed by atoms with van der Waals surface area (Å²) in [5.74, 6) is -0.359. The van der Waals surface area contributed by atoms with Crippen molar-refractivity contribution in [2.45, 2.75) is 6.61 Å². The molecule has 0 aliphatic carbocycles. The summed E-state index contributed by atoms with van der Waals surface area (Å²) in [6.45, 7) is 0.137. The maximum Gasteiger partial charge on any atom is 0.413 e. The summed E-state index contributed by atoms with van der Waals surface area (Å²) in [6.07, 6.45) is 0.839. The van der Waals surface area contributed by atoms with Gasteiger partial charge in [0.2, 0.25) is 0 Å². The lowest BCUT2D eigenvalue weighted by molar-refractivity contribution is 0.155. The molecule has 124 valence electrons. The Morgan fingerprint density at radius 2 is 2.04 bits per heavy atom. The standard InChI is InChI=1S/C18H13FN4O2/c19-15-10-14(11-20)6-7-16(15)23-9-8-17(22-23)21-18(24)25-12-13-4-2-1-3-5-13/h1-10H,12H2,(H,21,22,24). The number of hydrogen-bond acceptors (Lipinski definition) is 4. The van der Waals surface area contributed by atoms with Crippen LogP contribution in [0.4, 0.5) is 15.0 Å². The van der Waals surface area contributed by atoms with Crippen LogP contribution in [0, 0.1) is 17.1 Å². The van der Waals surface area contributed by atoms with Crippen LogP contribution in [0.3, 0.4) is 0 Å². The van der Waals surface area contributed by atoms with Gasteiger partial charge < -0.3 is 4.74 Å². The monoisotopic (exact) mass is 336 g/mol. The van der Waals surface area contributed by atoms with Crippen LogP contribution in [0.1, 0.15) is 11.1 Å². The first-order valence-corrected chi connectivity index (χ1v) is 7.39. The van der Waals surface area contributed by atoms with E-state index in [2.05, 4.69) is 10.4 Å². The van der Waals surface area contributed by atoms with Gasteiger partial charge in [0.1, 0.15) is 18.1 Å². The van der Waals surface area contributed by atoms with E-state index in [1.807, 2.05) is 36.4 Å². The summed E-state index contributed by atoms with van der Waals surface area (Å²) in [5, 5.41) is 15.3. The van der Waals surface area contributed by atoms with Crippen molar-refractivity contribution >= 4 is 11.9 Å². The van der Waals surface area contributed by atoms with Crippen molar-refractivity contribution in [2.75, 3.05) is 5.32 Å². The van der Waals surface area contributed by atoms with Crippen LogP contribution < -0.4 is 5.32 Å². The van der Waals surface area contributed by atoms with Crippen molar-refractivity contribution in [3.05, 3.63) is 77.7 Å². The van der Waals surface area contributed by atoms with Gasteiger partial charge in [0.05, 0.1) is 11.6 Å². The van der Waals surface area contributed by atoms with Gasteiger partial charge in [-0.15, -0.1) is 5.10 Å². The van der Waals surface area contributed by atoms with Gasteiger partial charge in [-0.25, -0.2) is 13.9 Å². The molecule has 2 aromatic carbocycles. The molecule has 7 heteroatoms. The Hall–Kier alpha value is -3.66. The number of nitrogens with zero attached hydrogens (tertiary/aromatic N) is 3. The third kappa shape index (κ3) is 4.00. The molecular weight excluding hydrogens is 323 g/mol. The normalized spacial score (nSPS) is 10.1. The lowest BCUT2D eigenvalue weighted by Crippen LogP contribution is -2.14. The first-order chi connectivity index (χ1) is 12.2. The zero-order valence-electron chi connectivity index (χ0n) is 13.0. The number of rotatable bonds is 4. The third-order valence-electron chi connectivity index (χ3n) is 3.36. The van der Waals surface area contributed by atoms with Crippen LogP contribution >= 0.6 is 0 Å². The SMILES string of the molecule is N#Cc1ccc(-n2ccc(NC(=O)OCc3ccccc3)n2)c(F)c1. The fraction of sp³-hybridized carbons (Fsp3) is 0.0556. The summed E-state index contributed by atoms with van der Waals surface area (Å²) in [5.41, 5.74) is 1.25. The molecule has 1 N–H and O–H groups in total. The van der Waals surface area contributed by atoms with Gasteiger partial charge in [0.15, 0.2) is 5.82 Å². The fourth-order valence-corrected chi connectivity index (χ4v) is 2.15. The molecule has 3 aromatic rings. The number of anilines is 1. The molecule has 0 bridgehead atoms. The van der Waals surface area contributed by atoms with E-state index in [0.29, 0.717) is 0 Å². The number of carbonyl (C=O) groups is 1. The molecule has 0 aliphatic heterocycles. The summed E-state index contributed by atoms with van der Waals surface area (Å²) in [6, 6.07) is 16.7. The van der Waals surface area contributed by atoms with Gasteiger partial charge in [0, 0.05) is 12.3 Å². The predicted molar refractivity (Wildman–Crippen MR) is 88.5 cm³/mol. The van der Waals surface area contributed by atoms with Crippen molar-refractivity contribution in [3.63, 3.8) is 0 Å². The van der Waals surface area contributed by atoms with Crippen LogP contribution in [0.15, 0.2) is 60.8 Å². The molecule has 1 amide bonds. The highest BCUT2D eigenvalue weighted by atomic mass is 19.1. The van der Waals surface area contributed by atoms with E-state index in [4.69, 9.17) is 10.00 Å². The number of benzene rings is 2. The van der Waals surface area contributed by atoms with Gasteiger partial charge in [0.25, 0.3) is 0 Å². The average molecular weight is 336 g/mol. The number of ether oxygens (including phenoxy) is 1. The minimum atomic E-state index is -0.658. The van der Waals surface area contributed by atoms with E-state index in [-0.39, 0.29) is 23.7 Å². The Morgan fingerprint density at radius 1 is 1.24 bits per heavy atom. The predicted octanol–water partition coefficient (Wildman–Crippen LogP) is 3.63. The number of carbonyl (C=O) groups excluding carboxylic acids is 1. The van der Waals surface area contributed by atoms with Gasteiger partial charge >= 0.3 is 6.09 Å². The lowest BCUT2D eigenvalue weighted by Gasteiger charge is -2.05. The highest BCUT2D eigenvalue weighted by molar-refractivity contribution is 5.83. The minimum absolute atomic E-state index is 0.137. The molecule has 0 fully saturated rings. The van der Waals surface area contributed by atoms with E-state index < -0.39 is 11.9 Å². The van der Waals surface area contributed by atoms with Crippen LogP contribution in [0.5, 0.6) is 0 Å². The van der Waals surface area contributed by atoms with Crippen LogP contribution in [0.25, 0.3) is 5.69 Å². The van der Waals surface area contributed by atoms with E-state index in [9.17, 15) is 9.18 Å². The van der Waals surface area contributed by atoms with E-state index in [0.717, 1.165) is 11.6 Å². The Morgan fingerprint density at radius 3 is 2.76 bits per heavy atom. The zero-order valence-corrected chi connectivity index (χ0v) is 13.0. The van der Waals surface area contributed by atoms with Crippen molar-refractivity contribution in [1.82, 2.24) is 9.78 Å². The van der Waals surface area contributed by atoms with Gasteiger partial charge in [-0.3, -0.25) is 5.32 Å². The number of aromatic nitrogens is 2. The van der Waals surface area contributed by atoms with E-state index in [1.165, 1.54) is 29.1 Å². The lowest BCUT2D eigenvalue weighted by atomic mass is 10.2. The average Bonchev–Trinajstić information content (AvgIpc) is 3.08. The van der Waals surface area contributed by atoms with E-state index >= 15 is 0 Å². The Bertz CT molecular complexity index is 932. The molecule has 1 heterocycles. The molecule has 0 aliphatic rings. The molecule has 0 atom stereocenters. The number of amides is 1. The Balaban J connectivity index is 1.63. The van der Waals surface area contributed by atoms with Crippen molar-refractivity contribution in [2.24, 2.45) is 0 Å². The zero-order chi connectivity index (χ0) is 17.6. The number of hydrogen-bond donors (Lipinski definition) is 1. The van der Waals surface area contributed by atoms with Crippen LogP contribution in [-0.4, -0.2) is 15.9 Å². The Kier molecular flexibility index (Phi) is 4.72. The van der Waals surface area contributed by atoms with Gasteiger partial charge in [-0.1, -0.05) is 30.3 Å². The smallest absolute Gasteiger partial charge is 0.413 e. The van der Waals surface area contributed by atoms with Gasteiger partial charge in [-0.2, -0.15) is 5.26 Å². The Labute approximate surface area is 143 Å². The third-order valence-corrected chi connectivity index (χ3v) is 3.36. The van der Waals surface area contributed by atoms with Crippen LogP contribution in [-0.2, 0) is 11.3 Å². The summed E-state index contributed by atoms with van der Waals surface area (Å²) in [4.78, 5) is 11.8. The molecular formula is C18H13FN4O2. The fourth-order valence-electron chi connectivity index (χ4n) is 2.15. The number of halogens is 1. The molecule has 6 nitrogen and oxygen atoms in total. The topological polar surface area (TPSA) is 79.9 Å². The second-order valence-corrected chi connectivity index (χ2v) is 5.11. The molecule has 0 saturated carbocycles. The minimum Gasteiger partial charge on any atom is -0.444 e. The summed E-state index contributed by atoms with van der Waals surface area (Å²) in [7, 11) is 0. The van der Waals surface area contributed by atoms with Gasteiger partial charge in [-0.05, 0) is 23.8 Å². The highest BCUT2D eigenvalue weighted by Gasteiger charge is 2.10. The largest absolute Gasteiger partial charge is 0.444 e. The first kappa shape index (κ1) is 16.2. The highest BCUT2D eigenvalue weighted by Crippen LogP contribution is 2.16. The number of nitriles is 1. The van der Waals surface area contributed by atoms with Crippen molar-refractivity contribution in [1.29, 1.82) is 5.26 Å². The maximum atomic E-state index is 14.0. The molecule has 0 radical (unpaired) electrons. The quantitative estimate of drug-likeness (QED) is 0.789. The van der Waals surface area contributed by atoms with Crippen LogP contribution in [0.2, 0.25) is 0 Å². The summed E-state index contributed by atoms with van der Waals surface area (Å²) < 4.78 is 20.3. The molecule has 0 saturated heterocycles. The first-order valence-electron chi connectivity index (χ1n) is 7.39. The maximum absolute atomic E-state index is 14.0. The molecule has 3 rings (SSSR count). The second kappa shape index (κ2) is 7.27. The molecule has 0 spiro atoms. The molecule has 0 unspecified atom stereocenters. The van der Waals surface area contributed by atoms with E-state index in [1.54, 1.807) is 0 Å². The summed E-state index contributed by atoms with van der Waals surface area (Å²) >= 11 is 0. The second-order valence-electron chi connectivity index (χ2n) is 5.11.